The van der Waals surface area contributed by atoms with E-state index in [4.69, 9.17) is 9.15 Å². The summed E-state index contributed by atoms with van der Waals surface area (Å²) >= 11 is 0. The lowest BCUT2D eigenvalue weighted by molar-refractivity contribution is -0.402. The zero-order valence-electron chi connectivity index (χ0n) is 10.7. The number of hydrogen-bond donors (Lipinski definition) is 0. The van der Waals surface area contributed by atoms with Gasteiger partial charge in [0, 0.05) is 18.2 Å². The highest BCUT2D eigenvalue weighted by atomic mass is 16.6. The minimum atomic E-state index is -0.711. The molecule has 2 aromatic rings. The fraction of sp³-hybridized carbons (Fsp3) is 0. The highest BCUT2D eigenvalue weighted by Crippen LogP contribution is 2.34. The Morgan fingerprint density at radius 3 is 2.45 bits per heavy atom. The molecule has 0 unspecified atom stereocenters. The average Bonchev–Trinajstić information content (AvgIpc) is 3.05. The van der Waals surface area contributed by atoms with Crippen molar-refractivity contribution in [1.29, 1.82) is 0 Å². The average molecular weight is 302 g/mol. The number of ketones is 1. The molecule has 0 atom stereocenters. The molecule has 1 aliphatic heterocycles. The Kier molecular flexibility index (Phi) is 2.95. The van der Waals surface area contributed by atoms with E-state index >= 15 is 0 Å². The Morgan fingerprint density at radius 2 is 1.82 bits per heavy atom. The molecule has 3 rings (SSSR count). The molecular weight excluding hydrogens is 296 g/mol. The lowest BCUT2D eigenvalue weighted by Crippen LogP contribution is -1.98. The molecular formula is C13H6N2O7. The van der Waals surface area contributed by atoms with Gasteiger partial charge < -0.3 is 9.15 Å². The standard InChI is InChI=1S/C13H6N2O7/c16-13-9-5-7(14(17)18)1-3-10(9)22-11(13)6-8-2-4-12(21-8)15(19)20/h1-6H/b11-6-. The number of allylic oxidation sites excluding steroid dienone is 1. The molecule has 0 radical (unpaired) electrons. The summed E-state index contributed by atoms with van der Waals surface area (Å²) in [6.45, 7) is 0. The van der Waals surface area contributed by atoms with Gasteiger partial charge in [-0.2, -0.15) is 0 Å². The van der Waals surface area contributed by atoms with Crippen LogP contribution in [0.5, 0.6) is 5.75 Å². The number of nitro benzene ring substituents is 1. The number of nitrogens with zero attached hydrogens (tertiary/aromatic N) is 2. The second-order valence-corrected chi connectivity index (χ2v) is 4.31. The van der Waals surface area contributed by atoms with Crippen molar-refractivity contribution < 1.29 is 23.8 Å². The molecule has 0 saturated carbocycles. The molecule has 0 fully saturated rings. The molecule has 110 valence electrons. The molecule has 2 heterocycles. The maximum absolute atomic E-state index is 12.1. The Hall–Kier alpha value is -3.49. The van der Waals surface area contributed by atoms with Gasteiger partial charge in [-0.3, -0.25) is 25.0 Å². The molecule has 0 bridgehead atoms. The van der Waals surface area contributed by atoms with Crippen LogP contribution in [0.2, 0.25) is 0 Å². The number of ether oxygens (including phenoxy) is 1. The summed E-state index contributed by atoms with van der Waals surface area (Å²) in [7, 11) is 0. The highest BCUT2D eigenvalue weighted by molar-refractivity contribution is 6.14. The van der Waals surface area contributed by atoms with E-state index in [0.717, 1.165) is 12.1 Å². The molecule has 0 aliphatic carbocycles. The van der Waals surface area contributed by atoms with Crippen LogP contribution in [0.1, 0.15) is 16.1 Å². The van der Waals surface area contributed by atoms with Crippen LogP contribution in [0.25, 0.3) is 6.08 Å². The number of non-ortho nitro benzene ring substituents is 1. The largest absolute Gasteiger partial charge is 0.452 e. The van der Waals surface area contributed by atoms with E-state index in [1.165, 1.54) is 24.3 Å². The van der Waals surface area contributed by atoms with E-state index in [9.17, 15) is 25.0 Å². The van der Waals surface area contributed by atoms with Gasteiger partial charge in [-0.25, -0.2) is 0 Å². The summed E-state index contributed by atoms with van der Waals surface area (Å²) in [4.78, 5) is 32.0. The van der Waals surface area contributed by atoms with Crippen LogP contribution in [0.3, 0.4) is 0 Å². The lowest BCUT2D eigenvalue weighted by atomic mass is 10.1. The minimum absolute atomic E-state index is 0.0569. The number of benzene rings is 1. The zero-order valence-corrected chi connectivity index (χ0v) is 10.7. The first-order chi connectivity index (χ1) is 10.5. The zero-order chi connectivity index (χ0) is 15.9. The molecule has 0 saturated heterocycles. The van der Waals surface area contributed by atoms with Gasteiger partial charge in [-0.1, -0.05) is 0 Å². The quantitative estimate of drug-likeness (QED) is 0.484. The van der Waals surface area contributed by atoms with Gasteiger partial charge in [0.05, 0.1) is 16.6 Å². The van der Waals surface area contributed by atoms with Gasteiger partial charge in [0.15, 0.2) is 5.76 Å². The van der Waals surface area contributed by atoms with Crippen molar-refractivity contribution >= 4 is 23.4 Å². The fourth-order valence-corrected chi connectivity index (χ4v) is 1.94. The first kappa shape index (κ1) is 13.5. The third-order valence-corrected chi connectivity index (χ3v) is 2.93. The molecule has 9 heteroatoms. The monoisotopic (exact) mass is 302 g/mol. The summed E-state index contributed by atoms with van der Waals surface area (Å²) in [6.07, 6.45) is 1.20. The third kappa shape index (κ3) is 2.20. The van der Waals surface area contributed by atoms with E-state index < -0.39 is 21.5 Å². The predicted molar refractivity (Wildman–Crippen MR) is 71.4 cm³/mol. The van der Waals surface area contributed by atoms with E-state index in [-0.39, 0.29) is 28.5 Å². The van der Waals surface area contributed by atoms with Gasteiger partial charge in [0.25, 0.3) is 5.69 Å². The summed E-state index contributed by atoms with van der Waals surface area (Å²) in [5.74, 6) is -0.900. The summed E-state index contributed by atoms with van der Waals surface area (Å²) in [5, 5.41) is 21.2. The van der Waals surface area contributed by atoms with E-state index in [2.05, 4.69) is 0 Å². The van der Waals surface area contributed by atoms with Crippen LogP contribution in [-0.4, -0.2) is 15.6 Å². The summed E-state index contributed by atoms with van der Waals surface area (Å²) < 4.78 is 10.2. The van der Waals surface area contributed by atoms with Crippen molar-refractivity contribution in [2.75, 3.05) is 0 Å². The maximum atomic E-state index is 12.1. The Balaban J connectivity index is 1.94. The number of rotatable bonds is 3. The van der Waals surface area contributed by atoms with E-state index in [0.29, 0.717) is 0 Å². The first-order valence-electron chi connectivity index (χ1n) is 5.92. The van der Waals surface area contributed by atoms with Crippen molar-refractivity contribution in [3.8, 4) is 5.75 Å². The number of nitro groups is 2. The van der Waals surface area contributed by atoms with Crippen molar-refractivity contribution in [2.24, 2.45) is 0 Å². The van der Waals surface area contributed by atoms with Crippen molar-refractivity contribution in [3.63, 3.8) is 0 Å². The normalized spacial score (nSPS) is 14.7. The molecule has 0 N–H and O–H groups in total. The van der Waals surface area contributed by atoms with Crippen LogP contribution < -0.4 is 4.74 Å². The van der Waals surface area contributed by atoms with Gasteiger partial charge in [-0.05, 0) is 12.1 Å². The molecule has 0 amide bonds. The van der Waals surface area contributed by atoms with Crippen LogP contribution in [0, 0.1) is 20.2 Å². The van der Waals surface area contributed by atoms with Gasteiger partial charge >= 0.3 is 5.88 Å². The van der Waals surface area contributed by atoms with Crippen molar-refractivity contribution in [2.45, 2.75) is 0 Å². The second-order valence-electron chi connectivity index (χ2n) is 4.31. The molecule has 0 spiro atoms. The lowest BCUT2D eigenvalue weighted by Gasteiger charge is -1.96. The summed E-state index contributed by atoms with van der Waals surface area (Å²) in [6, 6.07) is 6.10. The summed E-state index contributed by atoms with van der Waals surface area (Å²) in [5.41, 5.74) is -0.174. The third-order valence-electron chi connectivity index (χ3n) is 2.93. The predicted octanol–water partition coefficient (Wildman–Crippen LogP) is 2.71. The molecule has 9 nitrogen and oxygen atoms in total. The van der Waals surface area contributed by atoms with Crippen LogP contribution in [0.15, 0.2) is 40.5 Å². The van der Waals surface area contributed by atoms with Gasteiger partial charge in [0.1, 0.15) is 16.4 Å². The van der Waals surface area contributed by atoms with Crippen molar-refractivity contribution in [3.05, 3.63) is 67.6 Å². The molecule has 1 aromatic carbocycles. The Morgan fingerprint density at radius 1 is 1.05 bits per heavy atom. The first-order valence-corrected chi connectivity index (χ1v) is 5.92. The number of hydrogen-bond acceptors (Lipinski definition) is 7. The number of furan rings is 1. The fourth-order valence-electron chi connectivity index (χ4n) is 1.94. The Bertz CT molecular complexity index is 850. The smallest absolute Gasteiger partial charge is 0.433 e. The number of carbonyl (C=O) groups excluding carboxylic acids is 1. The number of Topliss-reactive ketones (excluding diaryl/α,β-unsaturated/α-hetero) is 1. The van der Waals surface area contributed by atoms with Crippen LogP contribution in [-0.2, 0) is 0 Å². The highest BCUT2D eigenvalue weighted by Gasteiger charge is 2.29. The molecule has 22 heavy (non-hydrogen) atoms. The number of fused-ring (bicyclic) bond motifs is 1. The molecule has 1 aliphatic rings. The van der Waals surface area contributed by atoms with E-state index in [1.807, 2.05) is 0 Å². The van der Waals surface area contributed by atoms with Crippen LogP contribution in [0.4, 0.5) is 11.6 Å². The maximum Gasteiger partial charge on any atom is 0.433 e. The van der Waals surface area contributed by atoms with E-state index in [1.54, 1.807) is 0 Å². The second kappa shape index (κ2) is 4.81. The molecule has 1 aromatic heterocycles. The topological polar surface area (TPSA) is 126 Å². The minimum Gasteiger partial charge on any atom is -0.452 e. The van der Waals surface area contributed by atoms with Gasteiger partial charge in [0.2, 0.25) is 5.78 Å². The van der Waals surface area contributed by atoms with Crippen LogP contribution >= 0.6 is 0 Å². The van der Waals surface area contributed by atoms with Crippen molar-refractivity contribution in [1.82, 2.24) is 0 Å². The number of carbonyl (C=O) groups is 1. The Labute approximate surface area is 121 Å². The SMILES string of the molecule is O=C1/C(=C/c2ccc([N+](=O)[O-])o2)Oc2ccc([N+](=O)[O-])cc21. The van der Waals surface area contributed by atoms with Gasteiger partial charge in [-0.15, -0.1) is 0 Å².